The van der Waals surface area contributed by atoms with Crippen molar-refractivity contribution in [2.75, 3.05) is 31.6 Å². The number of rotatable bonds is 9. The van der Waals surface area contributed by atoms with Gasteiger partial charge < -0.3 is 14.8 Å². The van der Waals surface area contributed by atoms with E-state index in [2.05, 4.69) is 5.32 Å². The van der Waals surface area contributed by atoms with Crippen molar-refractivity contribution < 1.29 is 27.6 Å². The van der Waals surface area contributed by atoms with Gasteiger partial charge in [-0.1, -0.05) is 6.42 Å². The van der Waals surface area contributed by atoms with Crippen LogP contribution in [0.4, 0.5) is 11.4 Å². The molecule has 1 aliphatic heterocycles. The van der Waals surface area contributed by atoms with Gasteiger partial charge in [0.05, 0.1) is 28.7 Å². The molecular weight excluding hydrogens is 450 g/mol. The molecule has 3 rings (SSSR count). The monoisotopic (exact) mass is 477 g/mol. The van der Waals surface area contributed by atoms with Crippen LogP contribution in [0.3, 0.4) is 0 Å². The van der Waals surface area contributed by atoms with E-state index in [1.165, 1.54) is 34.6 Å². The molecule has 1 fully saturated rings. The smallest absolute Gasteiger partial charge is 0.311 e. The lowest BCUT2D eigenvalue weighted by Crippen LogP contribution is -2.35. The first-order chi connectivity index (χ1) is 15.8. The third-order valence-electron chi connectivity index (χ3n) is 5.17. The number of nitro benzene ring substituents is 1. The van der Waals surface area contributed by atoms with Gasteiger partial charge in [0.2, 0.25) is 10.0 Å². The van der Waals surface area contributed by atoms with Gasteiger partial charge in [-0.25, -0.2) is 8.42 Å². The highest BCUT2D eigenvalue weighted by molar-refractivity contribution is 7.89. The lowest BCUT2D eigenvalue weighted by molar-refractivity contribution is -0.385. The molecule has 0 aliphatic carbocycles. The molecule has 1 heterocycles. The number of nitro groups is 1. The van der Waals surface area contributed by atoms with Gasteiger partial charge in [0.1, 0.15) is 5.75 Å². The average Bonchev–Trinajstić information content (AvgIpc) is 2.81. The predicted octanol–water partition coefficient (Wildman–Crippen LogP) is 3.82. The Balaban J connectivity index is 1.93. The number of piperidine rings is 1. The number of anilines is 1. The van der Waals surface area contributed by atoms with Crippen LogP contribution in [0.15, 0.2) is 41.3 Å². The summed E-state index contributed by atoms with van der Waals surface area (Å²) in [6.45, 7) is 4.91. The number of nitrogens with zero attached hydrogens (tertiary/aromatic N) is 2. The molecule has 1 aliphatic rings. The van der Waals surface area contributed by atoms with E-state index in [0.717, 1.165) is 25.3 Å². The van der Waals surface area contributed by atoms with Crippen LogP contribution >= 0.6 is 0 Å². The molecule has 2 aromatic rings. The number of amides is 1. The van der Waals surface area contributed by atoms with Gasteiger partial charge in [-0.2, -0.15) is 4.31 Å². The zero-order valence-corrected chi connectivity index (χ0v) is 19.4. The number of ether oxygens (including phenoxy) is 2. The molecule has 10 nitrogen and oxygen atoms in total. The molecule has 0 aromatic heterocycles. The molecular formula is C22H27N3O7S. The van der Waals surface area contributed by atoms with Gasteiger partial charge in [-0.05, 0) is 57.0 Å². The minimum absolute atomic E-state index is 0.0249. The number of carbonyl (C=O) groups is 1. The summed E-state index contributed by atoms with van der Waals surface area (Å²) in [4.78, 5) is 23.7. The SMILES string of the molecule is CCOc1ccc(S(=O)(=O)N2CCCCC2)cc1NC(=O)c1ccc(OCC)c([N+](=O)[O-])c1. The number of carbonyl (C=O) groups excluding carboxylic acids is 1. The molecule has 0 saturated carbocycles. The summed E-state index contributed by atoms with van der Waals surface area (Å²) in [5, 5.41) is 14.0. The van der Waals surface area contributed by atoms with Gasteiger partial charge in [0.25, 0.3) is 5.91 Å². The Morgan fingerprint density at radius 1 is 1.03 bits per heavy atom. The van der Waals surface area contributed by atoms with Crippen LogP contribution < -0.4 is 14.8 Å². The van der Waals surface area contributed by atoms with Gasteiger partial charge >= 0.3 is 5.69 Å². The number of hydrogen-bond donors (Lipinski definition) is 1. The Labute approximate surface area is 192 Å². The molecule has 2 aromatic carbocycles. The standard InChI is InChI=1S/C22H27N3O7S/c1-3-31-20-11-9-17(33(29,30)24-12-6-5-7-13-24)15-18(20)23-22(26)16-8-10-21(32-4-2)19(14-16)25(27)28/h8-11,14-15H,3-7,12-13H2,1-2H3,(H,23,26). The van der Waals surface area contributed by atoms with Gasteiger partial charge in [-0.3, -0.25) is 14.9 Å². The molecule has 0 unspecified atom stereocenters. The molecule has 11 heteroatoms. The summed E-state index contributed by atoms with van der Waals surface area (Å²) >= 11 is 0. The van der Waals surface area contributed by atoms with Crippen molar-refractivity contribution in [3.8, 4) is 11.5 Å². The molecule has 33 heavy (non-hydrogen) atoms. The summed E-state index contributed by atoms with van der Waals surface area (Å²) in [6.07, 6.45) is 2.59. The van der Waals surface area contributed by atoms with Crippen molar-refractivity contribution in [1.82, 2.24) is 4.31 Å². The molecule has 0 spiro atoms. The first-order valence-electron chi connectivity index (χ1n) is 10.8. The first kappa shape index (κ1) is 24.5. The Kier molecular flexibility index (Phi) is 7.88. The molecule has 1 saturated heterocycles. The molecule has 178 valence electrons. The number of nitrogens with one attached hydrogen (secondary N) is 1. The van der Waals surface area contributed by atoms with Crippen LogP contribution in [0.5, 0.6) is 11.5 Å². The van der Waals surface area contributed by atoms with E-state index in [-0.39, 0.29) is 34.2 Å². The fourth-order valence-corrected chi connectivity index (χ4v) is 5.12. The van der Waals surface area contributed by atoms with Gasteiger partial charge in [0.15, 0.2) is 5.75 Å². The number of sulfonamides is 1. The third-order valence-corrected chi connectivity index (χ3v) is 7.06. The average molecular weight is 478 g/mol. The predicted molar refractivity (Wildman–Crippen MR) is 122 cm³/mol. The third kappa shape index (κ3) is 5.60. The Morgan fingerprint density at radius 2 is 1.67 bits per heavy atom. The van der Waals surface area contributed by atoms with E-state index in [1.54, 1.807) is 13.8 Å². The molecule has 1 amide bonds. The fourth-order valence-electron chi connectivity index (χ4n) is 3.58. The maximum atomic E-state index is 13.1. The van der Waals surface area contributed by atoms with Crippen molar-refractivity contribution in [2.45, 2.75) is 38.0 Å². The van der Waals surface area contributed by atoms with E-state index >= 15 is 0 Å². The van der Waals surface area contributed by atoms with Crippen molar-refractivity contribution >= 4 is 27.3 Å². The Hall–Kier alpha value is -3.18. The maximum absolute atomic E-state index is 13.1. The van der Waals surface area contributed by atoms with Crippen molar-refractivity contribution in [3.63, 3.8) is 0 Å². The largest absolute Gasteiger partial charge is 0.492 e. The van der Waals surface area contributed by atoms with Crippen LogP contribution in [0.1, 0.15) is 43.5 Å². The van der Waals surface area contributed by atoms with E-state index < -0.39 is 20.9 Å². The highest BCUT2D eigenvalue weighted by Crippen LogP contribution is 2.32. The second kappa shape index (κ2) is 10.6. The minimum Gasteiger partial charge on any atom is -0.492 e. The summed E-state index contributed by atoms with van der Waals surface area (Å²) in [6, 6.07) is 8.19. The number of benzene rings is 2. The summed E-state index contributed by atoms with van der Waals surface area (Å²) < 4.78 is 38.4. The second-order valence-corrected chi connectivity index (χ2v) is 9.32. The molecule has 0 atom stereocenters. The lowest BCUT2D eigenvalue weighted by Gasteiger charge is -2.26. The van der Waals surface area contributed by atoms with Crippen LogP contribution in [0.25, 0.3) is 0 Å². The van der Waals surface area contributed by atoms with Crippen molar-refractivity contribution in [3.05, 3.63) is 52.1 Å². The normalized spacial score (nSPS) is 14.5. The Bertz CT molecular complexity index is 1130. The highest BCUT2D eigenvalue weighted by atomic mass is 32.2. The fraction of sp³-hybridized carbons (Fsp3) is 0.409. The lowest BCUT2D eigenvalue weighted by atomic mass is 10.1. The zero-order valence-electron chi connectivity index (χ0n) is 18.6. The van der Waals surface area contributed by atoms with E-state index in [1.807, 2.05) is 0 Å². The van der Waals surface area contributed by atoms with E-state index in [4.69, 9.17) is 9.47 Å². The topological polar surface area (TPSA) is 128 Å². The second-order valence-electron chi connectivity index (χ2n) is 7.38. The number of hydrogen-bond acceptors (Lipinski definition) is 7. The van der Waals surface area contributed by atoms with Crippen LogP contribution in [-0.2, 0) is 10.0 Å². The van der Waals surface area contributed by atoms with Crippen LogP contribution in [0, 0.1) is 10.1 Å². The summed E-state index contributed by atoms with van der Waals surface area (Å²) in [5.74, 6) is -0.290. The molecule has 0 bridgehead atoms. The van der Waals surface area contributed by atoms with Crippen molar-refractivity contribution in [2.24, 2.45) is 0 Å². The minimum atomic E-state index is -3.73. The maximum Gasteiger partial charge on any atom is 0.311 e. The van der Waals surface area contributed by atoms with Crippen LogP contribution in [-0.4, -0.2) is 49.9 Å². The Morgan fingerprint density at radius 3 is 2.30 bits per heavy atom. The summed E-state index contributed by atoms with van der Waals surface area (Å²) in [5.41, 5.74) is -0.149. The zero-order chi connectivity index (χ0) is 24.0. The van der Waals surface area contributed by atoms with E-state index in [9.17, 15) is 23.3 Å². The van der Waals surface area contributed by atoms with Gasteiger partial charge in [-0.15, -0.1) is 0 Å². The highest BCUT2D eigenvalue weighted by Gasteiger charge is 2.27. The first-order valence-corrected chi connectivity index (χ1v) is 12.2. The van der Waals surface area contributed by atoms with E-state index in [0.29, 0.717) is 25.4 Å². The summed E-state index contributed by atoms with van der Waals surface area (Å²) in [7, 11) is -3.73. The molecule has 1 N–H and O–H groups in total. The molecule has 0 radical (unpaired) electrons. The van der Waals surface area contributed by atoms with Gasteiger partial charge in [0, 0.05) is 24.7 Å². The van der Waals surface area contributed by atoms with Crippen molar-refractivity contribution in [1.29, 1.82) is 0 Å². The quantitative estimate of drug-likeness (QED) is 0.429. The van der Waals surface area contributed by atoms with Crippen LogP contribution in [0.2, 0.25) is 0 Å².